The summed E-state index contributed by atoms with van der Waals surface area (Å²) in [7, 11) is 1.35. The third-order valence-corrected chi connectivity index (χ3v) is 4.40. The lowest BCUT2D eigenvalue weighted by atomic mass is 9.97. The van der Waals surface area contributed by atoms with Crippen LogP contribution in [0.25, 0.3) is 11.4 Å². The molecule has 0 aliphatic carbocycles. The van der Waals surface area contributed by atoms with E-state index in [0.717, 1.165) is 0 Å². The number of methoxy groups -OCH3 is 1. The highest BCUT2D eigenvalue weighted by molar-refractivity contribution is 5.70. The molecule has 0 atom stereocenters. The Morgan fingerprint density at radius 3 is 2.74 bits per heavy atom. The first-order valence-corrected chi connectivity index (χ1v) is 8.37. The fraction of sp³-hybridized carbons (Fsp3) is 0.471. The molecule has 1 aromatic carbocycles. The zero-order chi connectivity index (χ0) is 19.4. The van der Waals surface area contributed by atoms with Crippen LogP contribution in [0.1, 0.15) is 18.7 Å². The number of piperidine rings is 1. The third kappa shape index (κ3) is 4.70. The van der Waals surface area contributed by atoms with Gasteiger partial charge >= 0.3 is 12.6 Å². The molecule has 0 saturated carbocycles. The van der Waals surface area contributed by atoms with E-state index in [-0.39, 0.29) is 17.4 Å². The Hall–Kier alpha value is -2.75. The first kappa shape index (κ1) is 19.0. The number of carbonyl (C=O) groups is 1. The molecular formula is C17H19F2N3O5. The highest BCUT2D eigenvalue weighted by Crippen LogP contribution is 2.32. The second kappa shape index (κ2) is 8.30. The average Bonchev–Trinajstić information content (AvgIpc) is 3.10. The summed E-state index contributed by atoms with van der Waals surface area (Å²) in [6.07, 6.45) is 1.16. The standard InChI is InChI=1S/C17H19F2N3O5/c1-25-13-8-11(2-3-12(13)26-17(18)19)15-20-14(27-21-15)9-22-6-4-10(5-7-22)16(23)24/h2-3,8,10,17H,4-7,9H2,1H3,(H,23,24). The first-order valence-electron chi connectivity index (χ1n) is 8.37. The predicted octanol–water partition coefficient (Wildman–Crippen LogP) is 2.64. The Labute approximate surface area is 153 Å². The van der Waals surface area contributed by atoms with Crippen molar-refractivity contribution >= 4 is 5.97 Å². The molecule has 27 heavy (non-hydrogen) atoms. The number of benzene rings is 1. The minimum absolute atomic E-state index is 0.0822. The minimum atomic E-state index is -2.95. The van der Waals surface area contributed by atoms with Gasteiger partial charge in [0.05, 0.1) is 19.6 Å². The van der Waals surface area contributed by atoms with Gasteiger partial charge in [0, 0.05) is 5.56 Å². The number of likely N-dealkylation sites (tertiary alicyclic amines) is 1. The summed E-state index contributed by atoms with van der Waals surface area (Å²) in [4.78, 5) is 17.4. The van der Waals surface area contributed by atoms with Gasteiger partial charge in [-0.25, -0.2) is 0 Å². The van der Waals surface area contributed by atoms with E-state index in [0.29, 0.717) is 49.8 Å². The van der Waals surface area contributed by atoms with Gasteiger partial charge in [0.25, 0.3) is 0 Å². The lowest BCUT2D eigenvalue weighted by Gasteiger charge is -2.28. The number of ether oxygens (including phenoxy) is 2. The van der Waals surface area contributed by atoms with E-state index >= 15 is 0 Å². The normalized spacial score (nSPS) is 15.9. The molecule has 3 rings (SSSR count). The lowest BCUT2D eigenvalue weighted by molar-refractivity contribution is -0.143. The van der Waals surface area contributed by atoms with E-state index in [4.69, 9.17) is 14.4 Å². The topological polar surface area (TPSA) is 97.9 Å². The highest BCUT2D eigenvalue weighted by atomic mass is 19.3. The van der Waals surface area contributed by atoms with E-state index < -0.39 is 12.6 Å². The predicted molar refractivity (Wildman–Crippen MR) is 88.6 cm³/mol. The maximum Gasteiger partial charge on any atom is 0.387 e. The zero-order valence-electron chi connectivity index (χ0n) is 14.6. The Kier molecular flexibility index (Phi) is 5.84. The molecule has 0 unspecified atom stereocenters. The molecule has 8 nitrogen and oxygen atoms in total. The van der Waals surface area contributed by atoms with Gasteiger partial charge in [-0.2, -0.15) is 13.8 Å². The quantitative estimate of drug-likeness (QED) is 0.779. The van der Waals surface area contributed by atoms with Crippen molar-refractivity contribution in [3.8, 4) is 22.9 Å². The molecular weight excluding hydrogens is 364 g/mol. The van der Waals surface area contributed by atoms with Gasteiger partial charge in [-0.3, -0.25) is 9.69 Å². The van der Waals surface area contributed by atoms with Crippen molar-refractivity contribution in [2.24, 2.45) is 5.92 Å². The van der Waals surface area contributed by atoms with Gasteiger partial charge in [0.2, 0.25) is 11.7 Å². The fourth-order valence-corrected chi connectivity index (χ4v) is 2.97. The van der Waals surface area contributed by atoms with Crippen LogP contribution in [0, 0.1) is 5.92 Å². The molecule has 0 bridgehead atoms. The van der Waals surface area contributed by atoms with Gasteiger partial charge in [-0.15, -0.1) is 0 Å². The van der Waals surface area contributed by atoms with Crippen molar-refractivity contribution in [3.63, 3.8) is 0 Å². The van der Waals surface area contributed by atoms with E-state index in [1.807, 2.05) is 0 Å². The Morgan fingerprint density at radius 2 is 2.11 bits per heavy atom. The maximum absolute atomic E-state index is 12.4. The monoisotopic (exact) mass is 383 g/mol. The van der Waals surface area contributed by atoms with Crippen LogP contribution >= 0.6 is 0 Å². The summed E-state index contributed by atoms with van der Waals surface area (Å²) >= 11 is 0. The molecule has 0 amide bonds. The van der Waals surface area contributed by atoms with Crippen LogP contribution in [0.15, 0.2) is 22.7 Å². The van der Waals surface area contributed by atoms with Gasteiger partial charge < -0.3 is 19.1 Å². The molecule has 1 aromatic heterocycles. The van der Waals surface area contributed by atoms with Gasteiger partial charge in [-0.1, -0.05) is 5.16 Å². The number of carboxylic acids is 1. The van der Waals surface area contributed by atoms with Crippen LogP contribution < -0.4 is 9.47 Å². The van der Waals surface area contributed by atoms with Crippen LogP contribution in [-0.4, -0.2) is 52.9 Å². The second-order valence-corrected chi connectivity index (χ2v) is 6.14. The molecule has 0 radical (unpaired) electrons. The Bertz CT molecular complexity index is 791. The Morgan fingerprint density at radius 1 is 1.37 bits per heavy atom. The van der Waals surface area contributed by atoms with Crippen LogP contribution in [0.3, 0.4) is 0 Å². The van der Waals surface area contributed by atoms with E-state index in [1.165, 1.54) is 25.3 Å². The summed E-state index contributed by atoms with van der Waals surface area (Å²) in [5.41, 5.74) is 0.535. The summed E-state index contributed by atoms with van der Waals surface area (Å²) in [5, 5.41) is 12.9. The number of aliphatic carboxylic acids is 1. The van der Waals surface area contributed by atoms with Gasteiger partial charge in [-0.05, 0) is 44.1 Å². The van der Waals surface area contributed by atoms with E-state index in [9.17, 15) is 13.6 Å². The van der Waals surface area contributed by atoms with Crippen LogP contribution in [-0.2, 0) is 11.3 Å². The van der Waals surface area contributed by atoms with Gasteiger partial charge in [0.1, 0.15) is 0 Å². The van der Waals surface area contributed by atoms with Crippen molar-refractivity contribution < 1.29 is 32.7 Å². The molecule has 10 heteroatoms. The summed E-state index contributed by atoms with van der Waals surface area (Å²) in [6.45, 7) is -1.25. The van der Waals surface area contributed by atoms with Crippen LogP contribution in [0.5, 0.6) is 11.5 Å². The van der Waals surface area contributed by atoms with Crippen molar-refractivity contribution in [1.82, 2.24) is 15.0 Å². The molecule has 1 saturated heterocycles. The minimum Gasteiger partial charge on any atom is -0.493 e. The molecule has 1 fully saturated rings. The fourth-order valence-electron chi connectivity index (χ4n) is 2.97. The largest absolute Gasteiger partial charge is 0.493 e. The molecule has 2 aromatic rings. The van der Waals surface area contributed by atoms with Gasteiger partial charge in [0.15, 0.2) is 11.5 Å². The van der Waals surface area contributed by atoms with Crippen molar-refractivity contribution in [2.75, 3.05) is 20.2 Å². The molecule has 0 spiro atoms. The third-order valence-electron chi connectivity index (χ3n) is 4.40. The second-order valence-electron chi connectivity index (χ2n) is 6.14. The highest BCUT2D eigenvalue weighted by Gasteiger charge is 2.25. The van der Waals surface area contributed by atoms with Crippen molar-refractivity contribution in [1.29, 1.82) is 0 Å². The van der Waals surface area contributed by atoms with E-state index in [2.05, 4.69) is 19.8 Å². The molecule has 146 valence electrons. The number of hydrogen-bond donors (Lipinski definition) is 1. The number of rotatable bonds is 7. The first-order chi connectivity index (χ1) is 13.0. The number of nitrogens with zero attached hydrogens (tertiary/aromatic N) is 3. The summed E-state index contributed by atoms with van der Waals surface area (Å²) < 4.78 is 39.5. The van der Waals surface area contributed by atoms with Crippen LogP contribution in [0.4, 0.5) is 8.78 Å². The summed E-state index contributed by atoms with van der Waals surface area (Å²) in [6, 6.07) is 4.38. The smallest absolute Gasteiger partial charge is 0.387 e. The van der Waals surface area contributed by atoms with Crippen LogP contribution in [0.2, 0.25) is 0 Å². The Balaban J connectivity index is 1.66. The molecule has 1 N–H and O–H groups in total. The zero-order valence-corrected chi connectivity index (χ0v) is 14.6. The SMILES string of the molecule is COc1cc(-c2noc(CN3CCC(C(=O)O)CC3)n2)ccc1OC(F)F. The molecule has 1 aliphatic heterocycles. The molecule has 1 aliphatic rings. The lowest BCUT2D eigenvalue weighted by Crippen LogP contribution is -2.35. The maximum atomic E-state index is 12.4. The average molecular weight is 383 g/mol. The molecule has 2 heterocycles. The summed E-state index contributed by atoms with van der Waals surface area (Å²) in [5.74, 6) is -0.321. The van der Waals surface area contributed by atoms with Crippen molar-refractivity contribution in [3.05, 3.63) is 24.1 Å². The number of alkyl halides is 2. The number of halogens is 2. The number of hydrogen-bond acceptors (Lipinski definition) is 7. The van der Waals surface area contributed by atoms with E-state index in [1.54, 1.807) is 0 Å². The number of carboxylic acid groups (broad SMARTS) is 1. The van der Waals surface area contributed by atoms with Crippen molar-refractivity contribution in [2.45, 2.75) is 26.0 Å². The number of aromatic nitrogens is 2.